The summed E-state index contributed by atoms with van der Waals surface area (Å²) in [6.07, 6.45) is 4.27. The van der Waals surface area contributed by atoms with Crippen LogP contribution in [0.4, 0.5) is 0 Å². The van der Waals surface area contributed by atoms with Crippen LogP contribution in [0.2, 0.25) is 0 Å². The van der Waals surface area contributed by atoms with Gasteiger partial charge in [0.15, 0.2) is 5.78 Å². The van der Waals surface area contributed by atoms with Crippen molar-refractivity contribution < 1.29 is 14.3 Å². The van der Waals surface area contributed by atoms with Crippen molar-refractivity contribution >= 4 is 11.9 Å². The lowest BCUT2D eigenvalue weighted by molar-refractivity contribution is -0.0131. The predicted octanol–water partition coefficient (Wildman–Crippen LogP) is 4.47. The summed E-state index contributed by atoms with van der Waals surface area (Å²) in [7, 11) is 0. The zero-order chi connectivity index (χ0) is 15.8. The van der Waals surface area contributed by atoms with Gasteiger partial charge in [0.1, 0.15) is 5.75 Å². The third kappa shape index (κ3) is 4.63. The van der Waals surface area contributed by atoms with E-state index >= 15 is 0 Å². The van der Waals surface area contributed by atoms with Crippen molar-refractivity contribution in [1.29, 1.82) is 0 Å². The van der Waals surface area contributed by atoms with Gasteiger partial charge in [-0.1, -0.05) is 43.0 Å². The second-order valence-electron chi connectivity index (χ2n) is 4.62. The minimum atomic E-state index is -0.419. The molecule has 0 saturated carbocycles. The van der Waals surface area contributed by atoms with Gasteiger partial charge in [0.05, 0.1) is 6.26 Å². The van der Waals surface area contributed by atoms with Crippen molar-refractivity contribution in [2.45, 2.75) is 13.2 Å². The molecular formula is C19H18O3. The first kappa shape index (κ1) is 15.6. The molecule has 0 saturated heterocycles. The third-order valence-electron chi connectivity index (χ3n) is 2.96. The van der Waals surface area contributed by atoms with Crippen LogP contribution in [-0.2, 0) is 4.74 Å². The van der Waals surface area contributed by atoms with Gasteiger partial charge in [-0.15, -0.1) is 0 Å². The van der Waals surface area contributed by atoms with Crippen molar-refractivity contribution in [3.05, 3.63) is 84.6 Å². The molecule has 3 nitrogen and oxygen atoms in total. The van der Waals surface area contributed by atoms with Crippen molar-refractivity contribution in [2.24, 2.45) is 0 Å². The number of rotatable bonds is 7. The molecule has 0 aromatic heterocycles. The molecule has 2 aromatic rings. The first-order valence-corrected chi connectivity index (χ1v) is 6.99. The molecule has 2 rings (SSSR count). The maximum absolute atomic E-state index is 12.1. The zero-order valence-corrected chi connectivity index (χ0v) is 12.4. The lowest BCUT2D eigenvalue weighted by Crippen LogP contribution is -2.12. The molecule has 0 heterocycles. The topological polar surface area (TPSA) is 35.5 Å². The number of ketones is 1. The molecular weight excluding hydrogens is 276 g/mol. The van der Waals surface area contributed by atoms with E-state index < -0.39 is 6.29 Å². The standard InChI is InChI=1S/C19H18O3/c1-3-21-15(2)22-18-12-10-17(11-13-18)19(20)14-9-16-7-5-4-6-8-16/h3-15H,1H2,2H3. The summed E-state index contributed by atoms with van der Waals surface area (Å²) in [5, 5.41) is 0. The smallest absolute Gasteiger partial charge is 0.237 e. The second-order valence-corrected chi connectivity index (χ2v) is 4.62. The molecule has 0 fully saturated rings. The van der Waals surface area contributed by atoms with Crippen LogP contribution in [0.3, 0.4) is 0 Å². The third-order valence-corrected chi connectivity index (χ3v) is 2.96. The molecule has 1 unspecified atom stereocenters. The Labute approximate surface area is 130 Å². The molecule has 0 aliphatic rings. The summed E-state index contributed by atoms with van der Waals surface area (Å²) in [4.78, 5) is 12.1. The van der Waals surface area contributed by atoms with E-state index in [-0.39, 0.29) is 5.78 Å². The highest BCUT2D eigenvalue weighted by molar-refractivity contribution is 6.06. The van der Waals surface area contributed by atoms with Gasteiger partial charge < -0.3 is 9.47 Å². The predicted molar refractivity (Wildman–Crippen MR) is 87.6 cm³/mol. The van der Waals surface area contributed by atoms with E-state index in [1.807, 2.05) is 30.3 Å². The van der Waals surface area contributed by atoms with E-state index in [1.165, 1.54) is 6.26 Å². The minimum Gasteiger partial charge on any atom is -0.463 e. The monoisotopic (exact) mass is 294 g/mol. The summed E-state index contributed by atoms with van der Waals surface area (Å²) < 4.78 is 10.6. The summed E-state index contributed by atoms with van der Waals surface area (Å²) in [6, 6.07) is 16.6. The highest BCUT2D eigenvalue weighted by Crippen LogP contribution is 2.15. The zero-order valence-electron chi connectivity index (χ0n) is 12.4. The highest BCUT2D eigenvalue weighted by atomic mass is 16.7. The fourth-order valence-corrected chi connectivity index (χ4v) is 1.88. The lowest BCUT2D eigenvalue weighted by Gasteiger charge is -2.13. The Morgan fingerprint density at radius 3 is 2.41 bits per heavy atom. The quantitative estimate of drug-likeness (QED) is 0.327. The number of ether oxygens (including phenoxy) is 2. The second kappa shape index (κ2) is 7.84. The maximum Gasteiger partial charge on any atom is 0.237 e. The fourth-order valence-electron chi connectivity index (χ4n) is 1.88. The molecule has 0 amide bonds. The molecule has 0 spiro atoms. The van der Waals surface area contributed by atoms with Gasteiger partial charge in [-0.25, -0.2) is 0 Å². The molecule has 0 aliphatic carbocycles. The number of benzene rings is 2. The molecule has 112 valence electrons. The molecule has 22 heavy (non-hydrogen) atoms. The average Bonchev–Trinajstić information content (AvgIpc) is 2.54. The van der Waals surface area contributed by atoms with Gasteiger partial charge in [0.25, 0.3) is 0 Å². The number of hydrogen-bond acceptors (Lipinski definition) is 3. The summed E-state index contributed by atoms with van der Waals surface area (Å²) in [5.74, 6) is 0.587. The minimum absolute atomic E-state index is 0.0502. The normalized spacial score (nSPS) is 11.9. The Morgan fingerprint density at radius 2 is 1.77 bits per heavy atom. The number of allylic oxidation sites excluding steroid dienone is 1. The Kier molecular flexibility index (Phi) is 5.55. The van der Waals surface area contributed by atoms with Crippen LogP contribution >= 0.6 is 0 Å². The van der Waals surface area contributed by atoms with Crippen molar-refractivity contribution in [2.75, 3.05) is 0 Å². The largest absolute Gasteiger partial charge is 0.463 e. The van der Waals surface area contributed by atoms with Crippen LogP contribution in [0.15, 0.2) is 73.5 Å². The van der Waals surface area contributed by atoms with Crippen LogP contribution in [0.5, 0.6) is 5.75 Å². The first-order chi connectivity index (χ1) is 10.7. The van der Waals surface area contributed by atoms with E-state index in [0.717, 1.165) is 5.56 Å². The number of hydrogen-bond donors (Lipinski definition) is 0. The van der Waals surface area contributed by atoms with Crippen LogP contribution in [0.1, 0.15) is 22.8 Å². The number of carbonyl (C=O) groups excluding carboxylic acids is 1. The SMILES string of the molecule is C=COC(C)Oc1ccc(C(=O)C=Cc2ccccc2)cc1. The van der Waals surface area contributed by atoms with E-state index in [0.29, 0.717) is 11.3 Å². The molecule has 0 radical (unpaired) electrons. The Balaban J connectivity index is 1.99. The van der Waals surface area contributed by atoms with E-state index in [1.54, 1.807) is 43.3 Å². The summed E-state index contributed by atoms with van der Waals surface area (Å²) >= 11 is 0. The van der Waals surface area contributed by atoms with Crippen molar-refractivity contribution in [1.82, 2.24) is 0 Å². The average molecular weight is 294 g/mol. The highest BCUT2D eigenvalue weighted by Gasteiger charge is 2.05. The van der Waals surface area contributed by atoms with Gasteiger partial charge >= 0.3 is 0 Å². The van der Waals surface area contributed by atoms with Gasteiger partial charge in [-0.2, -0.15) is 0 Å². The van der Waals surface area contributed by atoms with Gasteiger partial charge in [-0.05, 0) is 35.9 Å². The molecule has 0 N–H and O–H groups in total. The van der Waals surface area contributed by atoms with Crippen LogP contribution in [-0.4, -0.2) is 12.1 Å². The molecule has 0 aliphatic heterocycles. The van der Waals surface area contributed by atoms with Crippen LogP contribution in [0.25, 0.3) is 6.08 Å². The van der Waals surface area contributed by atoms with Crippen LogP contribution < -0.4 is 4.74 Å². The Morgan fingerprint density at radius 1 is 1.09 bits per heavy atom. The van der Waals surface area contributed by atoms with Gasteiger partial charge in [0, 0.05) is 12.5 Å². The van der Waals surface area contributed by atoms with Crippen molar-refractivity contribution in [3.8, 4) is 5.75 Å². The summed E-state index contributed by atoms with van der Waals surface area (Å²) in [6.45, 7) is 5.24. The van der Waals surface area contributed by atoms with Gasteiger partial charge in [-0.3, -0.25) is 4.79 Å². The molecule has 2 aromatic carbocycles. The first-order valence-electron chi connectivity index (χ1n) is 6.99. The number of carbonyl (C=O) groups is 1. The molecule has 0 bridgehead atoms. The van der Waals surface area contributed by atoms with Crippen molar-refractivity contribution in [3.63, 3.8) is 0 Å². The van der Waals surface area contributed by atoms with E-state index in [2.05, 4.69) is 6.58 Å². The summed E-state index contributed by atoms with van der Waals surface area (Å²) in [5.41, 5.74) is 1.60. The van der Waals surface area contributed by atoms with Gasteiger partial charge in [0.2, 0.25) is 6.29 Å². The van der Waals surface area contributed by atoms with Crippen LogP contribution in [0, 0.1) is 0 Å². The Hall–Kier alpha value is -2.81. The lowest BCUT2D eigenvalue weighted by atomic mass is 10.1. The van der Waals surface area contributed by atoms with E-state index in [9.17, 15) is 4.79 Å². The maximum atomic E-state index is 12.1. The Bertz CT molecular complexity index is 642. The fraction of sp³-hybridized carbons (Fsp3) is 0.105. The van der Waals surface area contributed by atoms with E-state index in [4.69, 9.17) is 9.47 Å². The molecule has 3 heteroatoms. The molecule has 1 atom stereocenters.